The van der Waals surface area contributed by atoms with Gasteiger partial charge in [-0.25, -0.2) is 9.37 Å². The highest BCUT2D eigenvalue weighted by molar-refractivity contribution is 6.30. The van der Waals surface area contributed by atoms with Gasteiger partial charge >= 0.3 is 0 Å². The van der Waals surface area contributed by atoms with Crippen LogP contribution in [0.1, 0.15) is 42.6 Å². The zero-order chi connectivity index (χ0) is 25.1. The van der Waals surface area contributed by atoms with E-state index in [4.69, 9.17) is 11.6 Å². The van der Waals surface area contributed by atoms with Crippen molar-refractivity contribution < 1.29 is 23.9 Å². The fraction of sp³-hybridized carbons (Fsp3) is 0.360. The van der Waals surface area contributed by atoms with Crippen molar-refractivity contribution in [1.29, 1.82) is 0 Å². The SMILES string of the molecule is CC(=O)c1cn(CC(=O)N2[C@H](C(=O)NCc3cccc(Cl)c3F)C[C@]3(O)C[C@@]23C)c2ncccc12. The number of halogens is 2. The average molecular weight is 499 g/mol. The number of nitrogens with zero attached hydrogens (tertiary/aromatic N) is 3. The Hall–Kier alpha value is -3.30. The van der Waals surface area contributed by atoms with Crippen molar-refractivity contribution in [3.8, 4) is 0 Å². The molecule has 1 aliphatic heterocycles. The number of nitrogens with one attached hydrogen (secondary N) is 1. The number of Topliss-reactive ketones (excluding diaryl/α,β-unsaturated/α-hetero) is 1. The highest BCUT2D eigenvalue weighted by Gasteiger charge is 2.75. The summed E-state index contributed by atoms with van der Waals surface area (Å²) in [6, 6.07) is 7.08. The van der Waals surface area contributed by atoms with E-state index in [1.54, 1.807) is 42.1 Å². The fourth-order valence-corrected chi connectivity index (χ4v) is 5.47. The molecular weight excluding hydrogens is 475 g/mol. The van der Waals surface area contributed by atoms with E-state index in [0.717, 1.165) is 0 Å². The molecule has 10 heteroatoms. The van der Waals surface area contributed by atoms with E-state index < -0.39 is 28.9 Å². The smallest absolute Gasteiger partial charge is 0.243 e. The molecule has 2 N–H and O–H groups in total. The minimum Gasteiger partial charge on any atom is -0.387 e. The molecule has 3 atom stereocenters. The van der Waals surface area contributed by atoms with Gasteiger partial charge in [-0.05, 0) is 32.0 Å². The third-order valence-corrected chi connectivity index (χ3v) is 7.56. The summed E-state index contributed by atoms with van der Waals surface area (Å²) in [6.45, 7) is 2.94. The Labute approximate surface area is 205 Å². The van der Waals surface area contributed by atoms with Crippen molar-refractivity contribution in [3.63, 3.8) is 0 Å². The van der Waals surface area contributed by atoms with Gasteiger partial charge in [0.15, 0.2) is 5.78 Å². The number of piperidine rings is 1. The van der Waals surface area contributed by atoms with Crippen molar-refractivity contribution >= 4 is 40.2 Å². The van der Waals surface area contributed by atoms with Crippen LogP contribution in [0.5, 0.6) is 0 Å². The van der Waals surface area contributed by atoms with Crippen LogP contribution >= 0.6 is 11.6 Å². The Morgan fingerprint density at radius 1 is 1.29 bits per heavy atom. The van der Waals surface area contributed by atoms with E-state index in [1.165, 1.54) is 24.0 Å². The van der Waals surface area contributed by atoms with Crippen LogP contribution in [0, 0.1) is 5.82 Å². The molecule has 5 rings (SSSR count). The molecule has 0 radical (unpaired) electrons. The summed E-state index contributed by atoms with van der Waals surface area (Å²) < 4.78 is 15.8. The molecule has 0 spiro atoms. The second-order valence-corrected chi connectivity index (χ2v) is 9.91. The van der Waals surface area contributed by atoms with Gasteiger partial charge in [-0.15, -0.1) is 0 Å². The maximum Gasteiger partial charge on any atom is 0.243 e. The summed E-state index contributed by atoms with van der Waals surface area (Å²) in [5, 5.41) is 14.2. The maximum atomic E-state index is 14.2. The monoisotopic (exact) mass is 498 g/mol. The first-order valence-electron chi connectivity index (χ1n) is 11.3. The van der Waals surface area contributed by atoms with Gasteiger partial charge in [0.05, 0.1) is 16.2 Å². The lowest BCUT2D eigenvalue weighted by atomic mass is 10.1. The van der Waals surface area contributed by atoms with E-state index in [9.17, 15) is 23.9 Å². The lowest BCUT2D eigenvalue weighted by molar-refractivity contribution is -0.142. The second-order valence-electron chi connectivity index (χ2n) is 9.50. The van der Waals surface area contributed by atoms with Gasteiger partial charge in [-0.3, -0.25) is 14.4 Å². The predicted octanol–water partition coefficient (Wildman–Crippen LogP) is 2.84. The maximum absolute atomic E-state index is 14.2. The Morgan fingerprint density at radius 2 is 2.06 bits per heavy atom. The number of likely N-dealkylation sites (tertiary alicyclic amines) is 1. The summed E-state index contributed by atoms with van der Waals surface area (Å²) in [4.78, 5) is 44.5. The van der Waals surface area contributed by atoms with E-state index in [1.807, 2.05) is 0 Å². The molecule has 3 aromatic rings. The van der Waals surface area contributed by atoms with E-state index in [2.05, 4.69) is 10.3 Å². The summed E-state index contributed by atoms with van der Waals surface area (Å²) in [5.74, 6) is -1.63. The molecule has 1 saturated carbocycles. The Bertz CT molecular complexity index is 1390. The third kappa shape index (κ3) is 3.70. The number of carbonyl (C=O) groups excluding carboxylic acids is 3. The summed E-state index contributed by atoms with van der Waals surface area (Å²) in [7, 11) is 0. The third-order valence-electron chi connectivity index (χ3n) is 7.26. The number of amides is 2. The molecule has 1 aliphatic carbocycles. The fourth-order valence-electron chi connectivity index (χ4n) is 5.27. The molecule has 0 bridgehead atoms. The van der Waals surface area contributed by atoms with Crippen molar-refractivity contribution in [2.75, 3.05) is 0 Å². The molecule has 1 aromatic carbocycles. The van der Waals surface area contributed by atoms with Gasteiger partial charge in [-0.2, -0.15) is 0 Å². The van der Waals surface area contributed by atoms with Crippen LogP contribution in [-0.2, 0) is 22.7 Å². The number of pyridine rings is 1. The molecule has 35 heavy (non-hydrogen) atoms. The molecule has 8 nitrogen and oxygen atoms in total. The van der Waals surface area contributed by atoms with E-state index >= 15 is 0 Å². The molecule has 2 aliphatic rings. The number of carbonyl (C=O) groups is 3. The van der Waals surface area contributed by atoms with Gasteiger partial charge in [-0.1, -0.05) is 23.7 Å². The number of aliphatic hydroxyl groups is 1. The van der Waals surface area contributed by atoms with Crippen LogP contribution in [0.15, 0.2) is 42.7 Å². The van der Waals surface area contributed by atoms with Crippen molar-refractivity contribution in [2.45, 2.75) is 57.0 Å². The summed E-state index contributed by atoms with van der Waals surface area (Å²) in [5.41, 5.74) is -0.882. The average Bonchev–Trinajstić information content (AvgIpc) is 3.08. The number of ketones is 1. The molecule has 0 unspecified atom stereocenters. The van der Waals surface area contributed by atoms with Gasteiger partial charge in [0, 0.05) is 48.3 Å². The molecule has 2 aromatic heterocycles. The van der Waals surface area contributed by atoms with Crippen LogP contribution in [0.3, 0.4) is 0 Å². The Balaban J connectivity index is 1.39. The first-order chi connectivity index (χ1) is 16.6. The molecule has 2 amide bonds. The topological polar surface area (TPSA) is 105 Å². The lowest BCUT2D eigenvalue weighted by Gasteiger charge is -2.31. The molecule has 1 saturated heterocycles. The van der Waals surface area contributed by atoms with Crippen LogP contribution < -0.4 is 5.32 Å². The second kappa shape index (κ2) is 8.13. The van der Waals surface area contributed by atoms with E-state index in [-0.39, 0.29) is 41.8 Å². The van der Waals surface area contributed by atoms with Crippen molar-refractivity contribution in [1.82, 2.24) is 19.8 Å². The zero-order valence-corrected chi connectivity index (χ0v) is 20.0. The molecule has 2 fully saturated rings. The molecule has 182 valence electrons. The van der Waals surface area contributed by atoms with Gasteiger partial charge in [0.1, 0.15) is 24.1 Å². The minimum atomic E-state index is -1.16. The number of fused-ring (bicyclic) bond motifs is 2. The van der Waals surface area contributed by atoms with Gasteiger partial charge in [0.2, 0.25) is 11.8 Å². The predicted molar refractivity (Wildman–Crippen MR) is 126 cm³/mol. The minimum absolute atomic E-state index is 0.0463. The first kappa shape index (κ1) is 23.4. The van der Waals surface area contributed by atoms with Gasteiger partial charge < -0.3 is 19.9 Å². The quantitative estimate of drug-likeness (QED) is 0.508. The van der Waals surface area contributed by atoms with Crippen LogP contribution in [0.2, 0.25) is 5.02 Å². The normalized spacial score (nSPS) is 24.9. The number of aromatic nitrogens is 2. The zero-order valence-electron chi connectivity index (χ0n) is 19.2. The lowest BCUT2D eigenvalue weighted by Crippen LogP contribution is -2.52. The van der Waals surface area contributed by atoms with Crippen LogP contribution in [-0.4, -0.2) is 54.3 Å². The highest BCUT2D eigenvalue weighted by atomic mass is 35.5. The molecular formula is C25H24ClFN4O4. The summed E-state index contributed by atoms with van der Waals surface area (Å²) >= 11 is 5.82. The van der Waals surface area contributed by atoms with Gasteiger partial charge in [0.25, 0.3) is 0 Å². The Kier molecular flexibility index (Phi) is 5.45. The standard InChI is InChI=1S/C25H24ClFN4O4/c1-14(32)17-11-30(22-16(17)6-4-8-28-22)12-20(33)31-19(9-25(35)13-24(25,31)2)23(34)29-10-15-5-3-7-18(26)21(15)27/h3-8,11,19,35H,9-10,12-13H2,1-2H3,(H,29,34)/t19-,24+,25-/m0/s1. The van der Waals surface area contributed by atoms with E-state index in [0.29, 0.717) is 23.0 Å². The van der Waals surface area contributed by atoms with Crippen LogP contribution in [0.25, 0.3) is 11.0 Å². The number of hydrogen-bond acceptors (Lipinski definition) is 5. The molecule has 3 heterocycles. The summed E-state index contributed by atoms with van der Waals surface area (Å²) in [6.07, 6.45) is 3.62. The Morgan fingerprint density at radius 3 is 2.80 bits per heavy atom. The number of benzene rings is 1. The van der Waals surface area contributed by atoms with Crippen molar-refractivity contribution in [2.24, 2.45) is 0 Å². The number of rotatable bonds is 6. The van der Waals surface area contributed by atoms with Crippen molar-refractivity contribution in [3.05, 3.63) is 64.7 Å². The first-order valence-corrected chi connectivity index (χ1v) is 11.6. The highest BCUT2D eigenvalue weighted by Crippen LogP contribution is 2.61. The number of hydrogen-bond donors (Lipinski definition) is 2. The van der Waals surface area contributed by atoms with Crippen LogP contribution in [0.4, 0.5) is 4.39 Å². The largest absolute Gasteiger partial charge is 0.387 e.